The fourth-order valence-corrected chi connectivity index (χ4v) is 2.57. The summed E-state index contributed by atoms with van der Waals surface area (Å²) in [6.07, 6.45) is 0. The van der Waals surface area contributed by atoms with Gasteiger partial charge in [0.05, 0.1) is 0 Å². The van der Waals surface area contributed by atoms with Crippen molar-refractivity contribution >= 4 is 38.8 Å². The maximum atomic E-state index is 5.76. The van der Waals surface area contributed by atoms with Crippen molar-refractivity contribution in [3.8, 4) is 0 Å². The molecule has 0 radical (unpaired) electrons. The molecule has 3 N–H and O–H groups in total. The third kappa shape index (κ3) is 5.09. The summed E-state index contributed by atoms with van der Waals surface area (Å²) in [6.45, 7) is 9.64. The summed E-state index contributed by atoms with van der Waals surface area (Å²) in [5.74, 6) is 0. The van der Waals surface area contributed by atoms with Crippen LogP contribution in [0.5, 0.6) is 0 Å². The predicted molar refractivity (Wildman–Crippen MR) is 90.9 cm³/mol. The van der Waals surface area contributed by atoms with E-state index in [2.05, 4.69) is 46.9 Å². The Kier molecular flexibility index (Phi) is 6.75. The van der Waals surface area contributed by atoms with Gasteiger partial charge in [-0.05, 0) is 38.2 Å². The molecule has 1 atom stereocenters. The summed E-state index contributed by atoms with van der Waals surface area (Å²) in [4.78, 5) is 2.81. The first kappa shape index (κ1) is 16.4. The molecule has 0 heterocycles. The van der Waals surface area contributed by atoms with E-state index in [0.717, 1.165) is 35.4 Å². The van der Waals surface area contributed by atoms with Gasteiger partial charge in [-0.2, -0.15) is 0 Å². The SMILES string of the molecule is CCN(CC)CC(C)Nc1cc(Br)ccc1C(N)=S. The predicted octanol–water partition coefficient (Wildman–Crippen LogP) is 3.23. The minimum absolute atomic E-state index is 0.335. The molecule has 19 heavy (non-hydrogen) atoms. The third-order valence-corrected chi connectivity index (χ3v) is 3.79. The van der Waals surface area contributed by atoms with Crippen LogP contribution in [0.2, 0.25) is 0 Å². The number of hydrogen-bond donors (Lipinski definition) is 2. The molecule has 0 spiro atoms. The van der Waals surface area contributed by atoms with Gasteiger partial charge in [0, 0.05) is 28.3 Å². The van der Waals surface area contributed by atoms with Crippen LogP contribution in [0.3, 0.4) is 0 Å². The summed E-state index contributed by atoms with van der Waals surface area (Å²) in [5.41, 5.74) is 7.64. The van der Waals surface area contributed by atoms with Gasteiger partial charge in [0.25, 0.3) is 0 Å². The Morgan fingerprint density at radius 1 is 1.42 bits per heavy atom. The average Bonchev–Trinajstić information content (AvgIpc) is 2.35. The average molecular weight is 344 g/mol. The van der Waals surface area contributed by atoms with Crippen LogP contribution < -0.4 is 11.1 Å². The molecule has 1 aromatic carbocycles. The Labute approximate surface area is 129 Å². The summed E-state index contributed by atoms with van der Waals surface area (Å²) in [7, 11) is 0. The van der Waals surface area contributed by atoms with Crippen molar-refractivity contribution in [2.75, 3.05) is 25.0 Å². The summed E-state index contributed by atoms with van der Waals surface area (Å²) >= 11 is 8.57. The van der Waals surface area contributed by atoms with E-state index in [4.69, 9.17) is 18.0 Å². The molecule has 5 heteroatoms. The maximum Gasteiger partial charge on any atom is 0.106 e. The number of hydrogen-bond acceptors (Lipinski definition) is 3. The van der Waals surface area contributed by atoms with Crippen LogP contribution in [0, 0.1) is 0 Å². The number of nitrogens with zero attached hydrogens (tertiary/aromatic N) is 1. The van der Waals surface area contributed by atoms with Gasteiger partial charge < -0.3 is 16.0 Å². The van der Waals surface area contributed by atoms with Crippen molar-refractivity contribution in [3.05, 3.63) is 28.2 Å². The highest BCUT2D eigenvalue weighted by Gasteiger charge is 2.11. The zero-order valence-corrected chi connectivity index (χ0v) is 14.1. The monoisotopic (exact) mass is 343 g/mol. The third-order valence-electron chi connectivity index (χ3n) is 3.08. The minimum Gasteiger partial charge on any atom is -0.389 e. The molecule has 1 unspecified atom stereocenters. The molecule has 0 saturated heterocycles. The molecule has 0 saturated carbocycles. The number of benzene rings is 1. The van der Waals surface area contributed by atoms with Crippen molar-refractivity contribution < 1.29 is 0 Å². The highest BCUT2D eigenvalue weighted by molar-refractivity contribution is 9.10. The molecule has 0 aromatic heterocycles. The van der Waals surface area contributed by atoms with Gasteiger partial charge in [0.2, 0.25) is 0 Å². The number of thiocarbonyl (C=S) groups is 1. The van der Waals surface area contributed by atoms with Gasteiger partial charge in [-0.25, -0.2) is 0 Å². The lowest BCUT2D eigenvalue weighted by molar-refractivity contribution is 0.295. The van der Waals surface area contributed by atoms with Crippen molar-refractivity contribution in [3.63, 3.8) is 0 Å². The number of nitrogens with two attached hydrogens (primary N) is 1. The lowest BCUT2D eigenvalue weighted by Gasteiger charge is -2.25. The van der Waals surface area contributed by atoms with Crippen LogP contribution in [0.25, 0.3) is 0 Å². The van der Waals surface area contributed by atoms with Gasteiger partial charge in [0.15, 0.2) is 0 Å². The van der Waals surface area contributed by atoms with Crippen LogP contribution in [0.1, 0.15) is 26.3 Å². The van der Waals surface area contributed by atoms with E-state index in [9.17, 15) is 0 Å². The fraction of sp³-hybridized carbons (Fsp3) is 0.500. The molecule has 0 aliphatic rings. The molecule has 0 bridgehead atoms. The van der Waals surface area contributed by atoms with Crippen LogP contribution in [0.15, 0.2) is 22.7 Å². The second kappa shape index (κ2) is 7.82. The van der Waals surface area contributed by atoms with E-state index in [1.807, 2.05) is 18.2 Å². The Morgan fingerprint density at radius 2 is 2.05 bits per heavy atom. The van der Waals surface area contributed by atoms with Crippen molar-refractivity contribution in [1.82, 2.24) is 4.90 Å². The summed E-state index contributed by atoms with van der Waals surface area (Å²) in [5, 5.41) is 3.49. The molecular weight excluding hydrogens is 322 g/mol. The molecule has 1 rings (SSSR count). The van der Waals surface area contributed by atoms with Crippen LogP contribution in [0.4, 0.5) is 5.69 Å². The first-order valence-electron chi connectivity index (χ1n) is 6.56. The van der Waals surface area contributed by atoms with Crippen molar-refractivity contribution in [2.45, 2.75) is 26.8 Å². The van der Waals surface area contributed by atoms with Gasteiger partial charge in [0.1, 0.15) is 4.99 Å². The van der Waals surface area contributed by atoms with Gasteiger partial charge >= 0.3 is 0 Å². The first-order chi connectivity index (χ1) is 8.97. The van der Waals surface area contributed by atoms with E-state index in [1.165, 1.54) is 0 Å². The molecule has 0 fully saturated rings. The minimum atomic E-state index is 0.335. The first-order valence-corrected chi connectivity index (χ1v) is 7.76. The Hall–Kier alpha value is -0.650. The Morgan fingerprint density at radius 3 is 2.58 bits per heavy atom. The number of nitrogens with one attached hydrogen (secondary N) is 1. The maximum absolute atomic E-state index is 5.76. The van der Waals surface area contributed by atoms with E-state index < -0.39 is 0 Å². The van der Waals surface area contributed by atoms with E-state index in [0.29, 0.717) is 11.0 Å². The highest BCUT2D eigenvalue weighted by Crippen LogP contribution is 2.22. The number of halogens is 1. The van der Waals surface area contributed by atoms with Crippen LogP contribution in [-0.4, -0.2) is 35.6 Å². The number of likely N-dealkylation sites (N-methyl/N-ethyl adjacent to an activating group) is 1. The lowest BCUT2D eigenvalue weighted by atomic mass is 10.1. The molecule has 0 amide bonds. The molecule has 106 valence electrons. The van der Waals surface area contributed by atoms with E-state index in [1.54, 1.807) is 0 Å². The fourth-order valence-electron chi connectivity index (χ4n) is 2.03. The summed E-state index contributed by atoms with van der Waals surface area (Å²) in [6, 6.07) is 6.25. The molecule has 3 nitrogen and oxygen atoms in total. The van der Waals surface area contributed by atoms with Gasteiger partial charge in [-0.15, -0.1) is 0 Å². The molecule has 0 aliphatic heterocycles. The quantitative estimate of drug-likeness (QED) is 0.746. The topological polar surface area (TPSA) is 41.3 Å². The van der Waals surface area contributed by atoms with E-state index >= 15 is 0 Å². The van der Waals surface area contributed by atoms with E-state index in [-0.39, 0.29) is 0 Å². The zero-order valence-electron chi connectivity index (χ0n) is 11.7. The highest BCUT2D eigenvalue weighted by atomic mass is 79.9. The molecule has 1 aromatic rings. The van der Waals surface area contributed by atoms with Gasteiger partial charge in [-0.3, -0.25) is 0 Å². The Balaban J connectivity index is 2.80. The second-order valence-electron chi connectivity index (χ2n) is 4.59. The van der Waals surface area contributed by atoms with Crippen molar-refractivity contribution in [2.24, 2.45) is 5.73 Å². The molecular formula is C14H22BrN3S. The smallest absolute Gasteiger partial charge is 0.106 e. The normalized spacial score (nSPS) is 12.5. The summed E-state index contributed by atoms with van der Waals surface area (Å²) < 4.78 is 1.02. The van der Waals surface area contributed by atoms with Crippen molar-refractivity contribution in [1.29, 1.82) is 0 Å². The second-order valence-corrected chi connectivity index (χ2v) is 5.94. The lowest BCUT2D eigenvalue weighted by Crippen LogP contribution is -2.35. The van der Waals surface area contributed by atoms with Crippen LogP contribution in [-0.2, 0) is 0 Å². The largest absolute Gasteiger partial charge is 0.389 e. The zero-order chi connectivity index (χ0) is 14.4. The molecule has 0 aliphatic carbocycles. The van der Waals surface area contributed by atoms with Crippen LogP contribution >= 0.6 is 28.1 Å². The number of rotatable bonds is 7. The number of anilines is 1. The van der Waals surface area contributed by atoms with Gasteiger partial charge in [-0.1, -0.05) is 42.0 Å². The standard InChI is InChI=1S/C14H22BrN3S/c1-4-18(5-2)9-10(3)17-13-8-11(15)6-7-12(13)14(16)19/h6-8,10,17H,4-5,9H2,1-3H3,(H2,16,19). The Bertz CT molecular complexity index is 433.